The fourth-order valence-corrected chi connectivity index (χ4v) is 4.85. The van der Waals surface area contributed by atoms with Gasteiger partial charge < -0.3 is 9.84 Å². The molecule has 34 heavy (non-hydrogen) atoms. The van der Waals surface area contributed by atoms with Crippen molar-refractivity contribution in [3.8, 4) is 16.9 Å². The van der Waals surface area contributed by atoms with Gasteiger partial charge in [-0.2, -0.15) is 13.2 Å². The molecule has 0 bridgehead atoms. The summed E-state index contributed by atoms with van der Waals surface area (Å²) in [6.07, 6.45) is -6.54. The van der Waals surface area contributed by atoms with E-state index in [1.807, 2.05) is 26.0 Å². The minimum atomic E-state index is -4.33. The minimum Gasteiger partial charge on any atom is -0.485 e. The van der Waals surface area contributed by atoms with Crippen molar-refractivity contribution in [1.82, 2.24) is 0 Å². The van der Waals surface area contributed by atoms with E-state index in [4.69, 9.17) is 4.74 Å². The lowest BCUT2D eigenvalue weighted by Crippen LogP contribution is -2.13. The second-order valence-corrected chi connectivity index (χ2v) is 10.6. The molecule has 1 unspecified atom stereocenters. The van der Waals surface area contributed by atoms with E-state index in [0.29, 0.717) is 10.6 Å². The van der Waals surface area contributed by atoms with Gasteiger partial charge in [-0.3, -0.25) is 0 Å². The molecule has 0 fully saturated rings. The van der Waals surface area contributed by atoms with Crippen molar-refractivity contribution >= 4 is 17.3 Å². The number of carboxylic acid groups (broad SMARTS) is 1. The maximum atomic E-state index is 12.9. The molecule has 0 aliphatic heterocycles. The van der Waals surface area contributed by atoms with Crippen LogP contribution in [0.3, 0.4) is 0 Å². The summed E-state index contributed by atoms with van der Waals surface area (Å²) in [4.78, 5) is 11.8. The third kappa shape index (κ3) is 6.41. The van der Waals surface area contributed by atoms with E-state index >= 15 is 0 Å². The smallest absolute Gasteiger partial charge is 0.389 e. The Bertz CT molecular complexity index is 1130. The molecule has 7 heteroatoms. The van der Waals surface area contributed by atoms with Crippen LogP contribution in [0.4, 0.5) is 13.2 Å². The number of hydrogen-bond acceptors (Lipinski definition) is 3. The number of aryl methyl sites for hydroxylation is 2. The summed E-state index contributed by atoms with van der Waals surface area (Å²) >= 11 is 0.939. The number of carbonyl (C=O) groups is 1. The van der Waals surface area contributed by atoms with Gasteiger partial charge in [-0.05, 0) is 77.8 Å². The highest BCUT2D eigenvalue weighted by Gasteiger charge is 2.30. The average Bonchev–Trinajstić information content (AvgIpc) is 3.20. The Morgan fingerprint density at radius 2 is 1.59 bits per heavy atom. The fraction of sp³-hybridized carbons (Fsp3) is 0.370. The average molecular weight is 491 g/mol. The normalized spacial score (nSPS) is 13.1. The van der Waals surface area contributed by atoms with Gasteiger partial charge in [0.05, 0.1) is 0 Å². The SMILES string of the molecule is Cc1cc(OC(CCC(F)(F)F)c2ccc(C(=O)O)s2)cc(C)c1-c1ccc(C(C)(C)C)cc1. The van der Waals surface area contributed by atoms with E-state index in [2.05, 4.69) is 45.0 Å². The van der Waals surface area contributed by atoms with E-state index in [9.17, 15) is 23.1 Å². The number of carboxylic acids is 1. The van der Waals surface area contributed by atoms with Crippen LogP contribution in [-0.2, 0) is 5.41 Å². The van der Waals surface area contributed by atoms with Crippen molar-refractivity contribution in [2.24, 2.45) is 0 Å². The second kappa shape index (κ2) is 9.82. The number of halogens is 3. The van der Waals surface area contributed by atoms with Gasteiger partial charge >= 0.3 is 12.1 Å². The Balaban J connectivity index is 1.90. The van der Waals surface area contributed by atoms with Gasteiger partial charge in [0.15, 0.2) is 0 Å². The Labute approximate surface area is 202 Å². The molecule has 3 nitrogen and oxygen atoms in total. The Hall–Kier alpha value is -2.80. The zero-order valence-corrected chi connectivity index (χ0v) is 20.7. The molecular formula is C27H29F3O3S. The summed E-state index contributed by atoms with van der Waals surface area (Å²) in [5.41, 5.74) is 5.30. The lowest BCUT2D eigenvalue weighted by molar-refractivity contribution is -0.139. The quantitative estimate of drug-likeness (QED) is 0.361. The van der Waals surface area contributed by atoms with Crippen molar-refractivity contribution in [2.45, 2.75) is 65.2 Å². The number of thiophene rings is 1. The molecule has 0 saturated carbocycles. The van der Waals surface area contributed by atoms with Gasteiger partial charge in [0.2, 0.25) is 0 Å². The molecule has 3 aromatic rings. The molecule has 0 aliphatic rings. The number of aromatic carboxylic acids is 1. The molecule has 182 valence electrons. The molecule has 2 aromatic carbocycles. The highest BCUT2D eigenvalue weighted by molar-refractivity contribution is 7.14. The zero-order valence-electron chi connectivity index (χ0n) is 19.9. The molecule has 1 N–H and O–H groups in total. The van der Waals surface area contributed by atoms with Crippen LogP contribution in [0.1, 0.15) is 71.0 Å². The lowest BCUT2D eigenvalue weighted by Gasteiger charge is -2.22. The molecule has 0 amide bonds. The predicted octanol–water partition coefficient (Wildman–Crippen LogP) is 8.49. The maximum Gasteiger partial charge on any atom is 0.389 e. The van der Waals surface area contributed by atoms with Gasteiger partial charge in [-0.25, -0.2) is 4.79 Å². The first-order valence-corrected chi connectivity index (χ1v) is 11.8. The number of rotatable bonds is 7. The third-order valence-corrected chi connectivity index (χ3v) is 6.83. The molecular weight excluding hydrogens is 461 g/mol. The van der Waals surface area contributed by atoms with E-state index in [1.165, 1.54) is 17.7 Å². The number of benzene rings is 2. The first-order chi connectivity index (χ1) is 15.7. The minimum absolute atomic E-state index is 0.0496. The number of hydrogen-bond donors (Lipinski definition) is 1. The Morgan fingerprint density at radius 3 is 2.06 bits per heavy atom. The standard InChI is InChI=1S/C27H29F3O3S/c1-16-14-20(15-17(2)24(16)18-6-8-19(9-7-18)26(3,4)5)33-21(12-13-27(28,29)30)22-10-11-23(34-22)25(31)32/h6-11,14-15,21H,12-13H2,1-5H3,(H,31,32). The van der Waals surface area contributed by atoms with Crippen molar-refractivity contribution in [1.29, 1.82) is 0 Å². The largest absolute Gasteiger partial charge is 0.485 e. The monoisotopic (exact) mass is 490 g/mol. The van der Waals surface area contributed by atoms with Crippen molar-refractivity contribution in [2.75, 3.05) is 0 Å². The molecule has 1 aromatic heterocycles. The van der Waals surface area contributed by atoms with Crippen molar-refractivity contribution in [3.63, 3.8) is 0 Å². The summed E-state index contributed by atoms with van der Waals surface area (Å²) in [6, 6.07) is 15.0. The topological polar surface area (TPSA) is 46.5 Å². The summed E-state index contributed by atoms with van der Waals surface area (Å²) in [5, 5.41) is 9.19. The Kier molecular flexibility index (Phi) is 7.46. The van der Waals surface area contributed by atoms with Crippen LogP contribution in [0.15, 0.2) is 48.5 Å². The number of alkyl halides is 3. The van der Waals surface area contributed by atoms with Crippen LogP contribution in [0, 0.1) is 13.8 Å². The van der Waals surface area contributed by atoms with Crippen LogP contribution in [0.5, 0.6) is 5.75 Å². The summed E-state index contributed by atoms with van der Waals surface area (Å²) in [7, 11) is 0. The second-order valence-electron chi connectivity index (χ2n) is 9.53. The van der Waals surface area contributed by atoms with Crippen LogP contribution in [-0.4, -0.2) is 17.3 Å². The van der Waals surface area contributed by atoms with E-state index in [1.54, 1.807) is 0 Å². The molecule has 0 aliphatic carbocycles. The summed E-state index contributed by atoms with van der Waals surface area (Å²) < 4.78 is 44.8. The van der Waals surface area contributed by atoms with Gasteiger partial charge in [0, 0.05) is 11.3 Å². The first-order valence-electron chi connectivity index (χ1n) is 11.0. The number of ether oxygens (including phenoxy) is 1. The van der Waals surface area contributed by atoms with Crippen LogP contribution in [0.25, 0.3) is 11.1 Å². The third-order valence-electron chi connectivity index (χ3n) is 5.67. The molecule has 1 atom stereocenters. The van der Waals surface area contributed by atoms with Crippen molar-refractivity contribution < 1.29 is 27.8 Å². The zero-order chi connectivity index (χ0) is 25.3. The van der Waals surface area contributed by atoms with Crippen LogP contribution < -0.4 is 4.74 Å². The van der Waals surface area contributed by atoms with Crippen LogP contribution >= 0.6 is 11.3 Å². The Morgan fingerprint density at radius 1 is 1.00 bits per heavy atom. The maximum absolute atomic E-state index is 12.9. The van der Waals surface area contributed by atoms with E-state index in [0.717, 1.165) is 33.6 Å². The van der Waals surface area contributed by atoms with Gasteiger partial charge in [0.25, 0.3) is 0 Å². The van der Waals surface area contributed by atoms with Crippen molar-refractivity contribution in [3.05, 3.63) is 75.0 Å². The predicted molar refractivity (Wildman–Crippen MR) is 130 cm³/mol. The lowest BCUT2D eigenvalue weighted by atomic mass is 9.85. The van der Waals surface area contributed by atoms with Gasteiger partial charge in [-0.1, -0.05) is 45.0 Å². The van der Waals surface area contributed by atoms with E-state index < -0.39 is 24.7 Å². The van der Waals surface area contributed by atoms with Gasteiger partial charge in [0.1, 0.15) is 16.7 Å². The highest BCUT2D eigenvalue weighted by atomic mass is 32.1. The summed E-state index contributed by atoms with van der Waals surface area (Å²) in [6.45, 7) is 10.4. The fourth-order valence-electron chi connectivity index (χ4n) is 3.94. The van der Waals surface area contributed by atoms with E-state index in [-0.39, 0.29) is 16.7 Å². The van der Waals surface area contributed by atoms with Gasteiger partial charge in [-0.15, -0.1) is 11.3 Å². The molecule has 3 rings (SSSR count). The first kappa shape index (κ1) is 25.8. The van der Waals surface area contributed by atoms with Crippen LogP contribution in [0.2, 0.25) is 0 Å². The summed E-state index contributed by atoms with van der Waals surface area (Å²) in [5.74, 6) is -0.651. The highest BCUT2D eigenvalue weighted by Crippen LogP contribution is 2.37. The molecule has 0 saturated heterocycles. The molecule has 0 spiro atoms. The molecule has 1 heterocycles. The molecule has 0 radical (unpaired) electrons.